The fraction of sp³-hybridized carbons (Fsp3) is 0.429. The number of rotatable bonds is 8. The van der Waals surface area contributed by atoms with Gasteiger partial charge in [0, 0.05) is 24.2 Å². The normalized spacial score (nSPS) is 15.0. The molecule has 2 amide bonds. The minimum absolute atomic E-state index is 0.0321. The third kappa shape index (κ3) is 4.67. The number of benzene rings is 1. The maximum absolute atomic E-state index is 11.9. The van der Waals surface area contributed by atoms with Gasteiger partial charge in [0.05, 0.1) is 15.6 Å². The molecule has 124 valence electrons. The third-order valence-corrected chi connectivity index (χ3v) is 4.65. The van der Waals surface area contributed by atoms with Crippen molar-refractivity contribution in [2.45, 2.75) is 23.8 Å². The highest BCUT2D eigenvalue weighted by Gasteiger charge is 2.31. The van der Waals surface area contributed by atoms with Crippen LogP contribution in [0.4, 0.5) is 5.69 Å². The number of amides is 2. The number of nitro groups is 1. The predicted molar refractivity (Wildman–Crippen MR) is 86.0 cm³/mol. The van der Waals surface area contributed by atoms with E-state index < -0.39 is 10.8 Å². The lowest BCUT2D eigenvalue weighted by molar-refractivity contribution is -0.387. The molecule has 1 atom stereocenters. The molecule has 0 saturated heterocycles. The van der Waals surface area contributed by atoms with Gasteiger partial charge < -0.3 is 16.8 Å². The van der Waals surface area contributed by atoms with Crippen molar-refractivity contribution in [1.29, 1.82) is 0 Å². The van der Waals surface area contributed by atoms with Crippen LogP contribution in [0.1, 0.15) is 23.2 Å². The summed E-state index contributed by atoms with van der Waals surface area (Å²) in [5.41, 5.74) is 10.6. The van der Waals surface area contributed by atoms with Gasteiger partial charge in [-0.15, -0.1) is 11.8 Å². The van der Waals surface area contributed by atoms with Crippen molar-refractivity contribution < 1.29 is 14.5 Å². The lowest BCUT2D eigenvalue weighted by Crippen LogP contribution is -2.42. The third-order valence-electron chi connectivity index (χ3n) is 3.59. The quantitative estimate of drug-likeness (QED) is 0.361. The van der Waals surface area contributed by atoms with Gasteiger partial charge in [-0.3, -0.25) is 19.7 Å². The number of hydrogen-bond donors (Lipinski definition) is 3. The zero-order valence-corrected chi connectivity index (χ0v) is 13.2. The molecule has 0 aromatic heterocycles. The van der Waals surface area contributed by atoms with Crippen LogP contribution in [-0.4, -0.2) is 35.1 Å². The van der Waals surface area contributed by atoms with Crippen LogP contribution in [0.5, 0.6) is 0 Å². The lowest BCUT2D eigenvalue weighted by atomic mass is 10.2. The first-order valence-electron chi connectivity index (χ1n) is 7.13. The molecule has 0 spiro atoms. The molecule has 8 nitrogen and oxygen atoms in total. The molecule has 0 aliphatic heterocycles. The zero-order chi connectivity index (χ0) is 17.0. The number of carbonyl (C=O) groups is 2. The number of hydrogen-bond acceptors (Lipinski definition) is 6. The first-order chi connectivity index (χ1) is 10.9. The summed E-state index contributed by atoms with van der Waals surface area (Å²) in [7, 11) is 0. The van der Waals surface area contributed by atoms with Crippen LogP contribution in [-0.2, 0) is 4.79 Å². The molecule has 0 bridgehead atoms. The minimum atomic E-state index is -0.738. The lowest BCUT2D eigenvalue weighted by Gasteiger charge is -2.15. The van der Waals surface area contributed by atoms with Gasteiger partial charge in [0.1, 0.15) is 0 Å². The van der Waals surface area contributed by atoms with Crippen LogP contribution in [0.15, 0.2) is 23.1 Å². The van der Waals surface area contributed by atoms with E-state index in [0.29, 0.717) is 17.4 Å². The molecule has 5 N–H and O–H groups in total. The van der Waals surface area contributed by atoms with Gasteiger partial charge in [0.25, 0.3) is 5.69 Å². The van der Waals surface area contributed by atoms with Crippen molar-refractivity contribution >= 4 is 29.3 Å². The van der Waals surface area contributed by atoms with Crippen LogP contribution in [0.2, 0.25) is 0 Å². The molecule has 1 aliphatic rings. The number of nitro benzene ring substituents is 1. The largest absolute Gasteiger partial charge is 0.366 e. The van der Waals surface area contributed by atoms with Gasteiger partial charge >= 0.3 is 0 Å². The zero-order valence-electron chi connectivity index (χ0n) is 12.4. The number of carbonyl (C=O) groups excluding carboxylic acids is 2. The SMILES string of the molecule is NCC(NC(=O)CSc1ccc(C(N)=O)cc1[N+](=O)[O-])C1CC1. The summed E-state index contributed by atoms with van der Waals surface area (Å²) < 4.78 is 0. The topological polar surface area (TPSA) is 141 Å². The number of thioether (sulfide) groups is 1. The van der Waals surface area contributed by atoms with Crippen molar-refractivity contribution in [3.8, 4) is 0 Å². The fourth-order valence-corrected chi connectivity index (χ4v) is 3.01. The molecule has 23 heavy (non-hydrogen) atoms. The Morgan fingerprint density at radius 2 is 2.13 bits per heavy atom. The average molecular weight is 338 g/mol. The second-order valence-corrected chi connectivity index (χ2v) is 6.36. The maximum atomic E-state index is 11.9. The molecule has 2 rings (SSSR count). The van der Waals surface area contributed by atoms with E-state index in [9.17, 15) is 19.7 Å². The molecule has 1 aromatic carbocycles. The van der Waals surface area contributed by atoms with Crippen molar-refractivity contribution in [3.05, 3.63) is 33.9 Å². The van der Waals surface area contributed by atoms with E-state index >= 15 is 0 Å². The van der Waals surface area contributed by atoms with E-state index in [2.05, 4.69) is 5.32 Å². The average Bonchev–Trinajstić information content (AvgIpc) is 3.34. The van der Waals surface area contributed by atoms with E-state index in [1.165, 1.54) is 12.1 Å². The van der Waals surface area contributed by atoms with E-state index in [-0.39, 0.29) is 29.0 Å². The van der Waals surface area contributed by atoms with Crippen molar-refractivity contribution in [2.24, 2.45) is 17.4 Å². The molecule has 9 heteroatoms. The fourth-order valence-electron chi connectivity index (χ4n) is 2.19. The van der Waals surface area contributed by atoms with Crippen LogP contribution in [0.25, 0.3) is 0 Å². The minimum Gasteiger partial charge on any atom is -0.366 e. The second-order valence-electron chi connectivity index (χ2n) is 5.34. The Morgan fingerprint density at radius 1 is 1.43 bits per heavy atom. The van der Waals surface area contributed by atoms with Crippen molar-refractivity contribution in [1.82, 2.24) is 5.32 Å². The summed E-state index contributed by atoms with van der Waals surface area (Å²) in [6.45, 7) is 0.383. The summed E-state index contributed by atoms with van der Waals surface area (Å²) in [4.78, 5) is 33.8. The van der Waals surface area contributed by atoms with E-state index in [1.54, 1.807) is 0 Å². The van der Waals surface area contributed by atoms with Crippen LogP contribution in [0, 0.1) is 16.0 Å². The Kier molecular flexibility index (Phi) is 5.56. The Morgan fingerprint density at radius 3 is 2.65 bits per heavy atom. The second kappa shape index (κ2) is 7.42. The molecule has 1 fully saturated rings. The predicted octanol–water partition coefficient (Wildman–Crippen LogP) is 0.639. The number of nitrogens with zero attached hydrogens (tertiary/aromatic N) is 1. The first-order valence-corrected chi connectivity index (χ1v) is 8.11. The molecular weight excluding hydrogens is 320 g/mol. The molecular formula is C14H18N4O4S. The number of primary amides is 1. The standard InChI is InChI=1S/C14H18N4O4S/c15-6-10(8-1-2-8)17-13(19)7-23-12-4-3-9(14(16)20)5-11(12)18(21)22/h3-5,8,10H,1-2,6-7,15H2,(H2,16,20)(H,17,19). The monoisotopic (exact) mass is 338 g/mol. The number of nitrogens with one attached hydrogen (secondary N) is 1. The summed E-state index contributed by atoms with van der Waals surface area (Å²) >= 11 is 1.04. The van der Waals surface area contributed by atoms with Crippen molar-refractivity contribution in [3.63, 3.8) is 0 Å². The maximum Gasteiger partial charge on any atom is 0.283 e. The van der Waals surface area contributed by atoms with E-state index in [0.717, 1.165) is 30.7 Å². The summed E-state index contributed by atoms with van der Waals surface area (Å²) in [5.74, 6) is -0.471. The molecule has 1 saturated carbocycles. The van der Waals surface area contributed by atoms with Gasteiger partial charge in [0.15, 0.2) is 0 Å². The summed E-state index contributed by atoms with van der Waals surface area (Å²) in [5, 5.41) is 13.9. The van der Waals surface area contributed by atoms with Gasteiger partial charge in [-0.2, -0.15) is 0 Å². The molecule has 0 heterocycles. The summed E-state index contributed by atoms with van der Waals surface area (Å²) in [6.07, 6.45) is 2.13. The molecule has 1 aliphatic carbocycles. The Bertz CT molecular complexity index is 633. The van der Waals surface area contributed by atoms with Crippen LogP contribution in [0.3, 0.4) is 0 Å². The Balaban J connectivity index is 2.00. The highest BCUT2D eigenvalue weighted by molar-refractivity contribution is 8.00. The van der Waals surface area contributed by atoms with Crippen LogP contribution < -0.4 is 16.8 Å². The number of nitrogens with two attached hydrogens (primary N) is 2. The first kappa shape index (κ1) is 17.2. The smallest absolute Gasteiger partial charge is 0.283 e. The molecule has 1 aromatic rings. The van der Waals surface area contributed by atoms with Crippen molar-refractivity contribution in [2.75, 3.05) is 12.3 Å². The van der Waals surface area contributed by atoms with Gasteiger partial charge in [0.2, 0.25) is 11.8 Å². The van der Waals surface area contributed by atoms with Crippen LogP contribution >= 0.6 is 11.8 Å². The molecule has 0 radical (unpaired) electrons. The molecule has 1 unspecified atom stereocenters. The van der Waals surface area contributed by atoms with E-state index in [4.69, 9.17) is 11.5 Å². The summed E-state index contributed by atoms with van der Waals surface area (Å²) in [6, 6.07) is 3.92. The highest BCUT2D eigenvalue weighted by atomic mass is 32.2. The Labute approximate surface area is 137 Å². The van der Waals surface area contributed by atoms with Gasteiger partial charge in [-0.05, 0) is 30.9 Å². The van der Waals surface area contributed by atoms with Gasteiger partial charge in [-0.25, -0.2) is 0 Å². The van der Waals surface area contributed by atoms with E-state index in [1.807, 2.05) is 0 Å². The Hall–Kier alpha value is -2.13. The van der Waals surface area contributed by atoms with Gasteiger partial charge in [-0.1, -0.05) is 0 Å². The highest BCUT2D eigenvalue weighted by Crippen LogP contribution is 2.33.